The number of fused-ring (bicyclic) bond motifs is 7. The predicted octanol–water partition coefficient (Wildman–Crippen LogP) is 18.9. The van der Waals surface area contributed by atoms with Gasteiger partial charge in [-0.15, -0.1) is 11.3 Å². The number of hydrogen-bond acceptors (Lipinski definition) is 3. The van der Waals surface area contributed by atoms with Gasteiger partial charge in [-0.2, -0.15) is 0 Å². The van der Waals surface area contributed by atoms with Crippen LogP contribution in [0.15, 0.2) is 253 Å². The second-order valence-electron chi connectivity index (χ2n) is 17.2. The van der Waals surface area contributed by atoms with Crippen molar-refractivity contribution >= 4 is 81.3 Å². The maximum atomic E-state index is 7.05. The molecule has 0 atom stereocenters. The van der Waals surface area contributed by atoms with Crippen LogP contribution in [0.5, 0.6) is 0 Å². The highest BCUT2D eigenvalue weighted by Gasteiger charge is 2.25. The van der Waals surface area contributed by atoms with E-state index in [-0.39, 0.29) is 0 Å². The Kier molecular flexibility index (Phi) is 9.40. The highest BCUT2D eigenvalue weighted by Crippen LogP contribution is 2.51. The summed E-state index contributed by atoms with van der Waals surface area (Å²) in [5.74, 6) is 0. The number of para-hydroxylation sites is 1. The van der Waals surface area contributed by atoms with Crippen molar-refractivity contribution in [3.8, 4) is 55.6 Å². The first-order chi connectivity index (χ1) is 33.2. The number of anilines is 3. The largest absolute Gasteiger partial charge is 0.454 e. The molecule has 0 amide bonds. The van der Waals surface area contributed by atoms with Crippen molar-refractivity contribution in [3.63, 3.8) is 0 Å². The number of nitrogens with zero attached hydrogens (tertiary/aromatic N) is 1. The molecule has 0 aliphatic rings. The van der Waals surface area contributed by atoms with Crippen LogP contribution >= 0.6 is 11.3 Å². The van der Waals surface area contributed by atoms with Gasteiger partial charge in [-0.25, -0.2) is 0 Å². The zero-order valence-electron chi connectivity index (χ0n) is 36.4. The fraction of sp³-hybridized carbons (Fsp3) is 0. The summed E-state index contributed by atoms with van der Waals surface area (Å²) < 4.78 is 9.55. The third-order valence-electron chi connectivity index (χ3n) is 13.3. The van der Waals surface area contributed by atoms with Crippen LogP contribution in [-0.2, 0) is 0 Å². The fourth-order valence-electron chi connectivity index (χ4n) is 10.0. The van der Waals surface area contributed by atoms with Crippen molar-refractivity contribution in [2.75, 3.05) is 4.90 Å². The van der Waals surface area contributed by atoms with E-state index < -0.39 is 0 Å². The molecule has 13 rings (SSSR count). The smallest absolute Gasteiger partial charge is 0.159 e. The van der Waals surface area contributed by atoms with Gasteiger partial charge in [0.05, 0.1) is 11.4 Å². The van der Waals surface area contributed by atoms with Gasteiger partial charge in [-0.3, -0.25) is 0 Å². The summed E-state index contributed by atoms with van der Waals surface area (Å²) in [4.78, 5) is 2.43. The molecule has 3 heteroatoms. The van der Waals surface area contributed by atoms with E-state index in [1.807, 2.05) is 11.3 Å². The molecule has 0 aliphatic heterocycles. The lowest BCUT2D eigenvalue weighted by Crippen LogP contribution is -2.10. The van der Waals surface area contributed by atoms with E-state index in [0.29, 0.717) is 0 Å². The monoisotopic (exact) mass is 871 g/mol. The predicted molar refractivity (Wildman–Crippen MR) is 286 cm³/mol. The molecule has 0 saturated heterocycles. The molecule has 0 saturated carbocycles. The maximum Gasteiger partial charge on any atom is 0.159 e. The first kappa shape index (κ1) is 38.9. The molecule has 0 unspecified atom stereocenters. The first-order valence-corrected chi connectivity index (χ1v) is 23.6. The highest BCUT2D eigenvalue weighted by molar-refractivity contribution is 7.26. The molecule has 0 radical (unpaired) electrons. The molecule has 0 fully saturated rings. The van der Waals surface area contributed by atoms with Gasteiger partial charge in [0.25, 0.3) is 0 Å². The number of hydrogen-bond donors (Lipinski definition) is 0. The molecular formula is C64H41NOS. The summed E-state index contributed by atoms with van der Waals surface area (Å²) in [6.07, 6.45) is 0. The number of benzene rings is 11. The third kappa shape index (κ3) is 6.79. The quantitative estimate of drug-likeness (QED) is 0.151. The van der Waals surface area contributed by atoms with Gasteiger partial charge in [0.15, 0.2) is 5.58 Å². The summed E-state index contributed by atoms with van der Waals surface area (Å²) in [5.41, 5.74) is 16.7. The minimum Gasteiger partial charge on any atom is -0.454 e. The highest BCUT2D eigenvalue weighted by atomic mass is 32.1. The van der Waals surface area contributed by atoms with Crippen LogP contribution in [0.2, 0.25) is 0 Å². The molecule has 0 spiro atoms. The molecule has 0 N–H and O–H groups in total. The lowest BCUT2D eigenvalue weighted by atomic mass is 9.94. The summed E-state index contributed by atoms with van der Waals surface area (Å²) in [6, 6.07) is 90.0. The molecule has 0 bridgehead atoms. The Morgan fingerprint density at radius 2 is 0.896 bits per heavy atom. The summed E-state index contributed by atoms with van der Waals surface area (Å²) in [5, 5.41) is 7.08. The zero-order chi connectivity index (χ0) is 44.3. The van der Waals surface area contributed by atoms with Crippen LogP contribution in [0, 0.1) is 0 Å². The van der Waals surface area contributed by atoms with Gasteiger partial charge in [-0.1, -0.05) is 200 Å². The Bertz CT molecular complexity index is 3950. The summed E-state index contributed by atoms with van der Waals surface area (Å²) in [6.45, 7) is 0. The molecule has 2 nitrogen and oxygen atoms in total. The topological polar surface area (TPSA) is 16.4 Å². The lowest BCUT2D eigenvalue weighted by Gasteiger charge is -2.27. The first-order valence-electron chi connectivity index (χ1n) is 22.8. The van der Waals surface area contributed by atoms with Gasteiger partial charge < -0.3 is 9.32 Å². The van der Waals surface area contributed by atoms with E-state index in [9.17, 15) is 0 Å². The summed E-state index contributed by atoms with van der Waals surface area (Å²) in [7, 11) is 0. The minimum absolute atomic E-state index is 0.848. The normalized spacial score (nSPS) is 11.6. The van der Waals surface area contributed by atoms with Gasteiger partial charge in [0, 0.05) is 36.6 Å². The Hall–Kier alpha value is -8.50. The average Bonchev–Trinajstić information content (AvgIpc) is 3.98. The van der Waals surface area contributed by atoms with Gasteiger partial charge in [-0.05, 0) is 115 Å². The van der Waals surface area contributed by atoms with Crippen LogP contribution in [0.25, 0.3) is 109 Å². The Labute approximate surface area is 392 Å². The van der Waals surface area contributed by atoms with E-state index in [0.717, 1.165) is 55.7 Å². The standard InChI is InChI=1S/C64H41NOS/c1-5-15-42(16-6-1)49-31-35-54-55-25-14-26-59(63(55)66-60(54)40-49)65(51-33-29-44(30-34-51)48-28-27-47-23-13-24-52(57(47)39-48)45-19-9-3-10-20-45)58-38-37-53(46-21-11-4-12-22-46)64-62(58)56-36-32-50(41-61(56)67-64)43-17-7-2-8-18-43/h1-41H. The van der Waals surface area contributed by atoms with Gasteiger partial charge in [0.1, 0.15) is 5.58 Å². The van der Waals surface area contributed by atoms with Gasteiger partial charge in [0.2, 0.25) is 0 Å². The lowest BCUT2D eigenvalue weighted by molar-refractivity contribution is 0.669. The third-order valence-corrected chi connectivity index (χ3v) is 14.5. The van der Waals surface area contributed by atoms with Gasteiger partial charge >= 0.3 is 0 Å². The molecule has 2 aromatic heterocycles. The number of rotatable bonds is 8. The SMILES string of the molecule is c1ccc(-c2ccc3c(c2)oc2c(N(c4ccc(-c5ccc6cccc(-c7ccccc7)c6c5)cc4)c4ccc(-c5ccccc5)c5sc6cc(-c7ccccc7)ccc6c45)cccc23)cc1. The molecule has 67 heavy (non-hydrogen) atoms. The van der Waals surface area contributed by atoms with Crippen LogP contribution < -0.4 is 4.90 Å². The Morgan fingerprint density at radius 1 is 0.328 bits per heavy atom. The van der Waals surface area contributed by atoms with Crippen LogP contribution in [0.4, 0.5) is 17.1 Å². The van der Waals surface area contributed by atoms with Crippen molar-refractivity contribution in [2.45, 2.75) is 0 Å². The minimum atomic E-state index is 0.848. The fourth-order valence-corrected chi connectivity index (χ4v) is 11.3. The Balaban J connectivity index is 1.03. The maximum absolute atomic E-state index is 7.05. The van der Waals surface area contributed by atoms with Crippen LogP contribution in [0.3, 0.4) is 0 Å². The van der Waals surface area contributed by atoms with Crippen molar-refractivity contribution in [1.82, 2.24) is 0 Å². The molecular weight excluding hydrogens is 831 g/mol. The van der Waals surface area contributed by atoms with E-state index in [4.69, 9.17) is 4.42 Å². The second kappa shape index (κ2) is 16.2. The van der Waals surface area contributed by atoms with E-state index in [2.05, 4.69) is 254 Å². The Morgan fingerprint density at radius 3 is 1.60 bits per heavy atom. The zero-order valence-corrected chi connectivity index (χ0v) is 37.3. The van der Waals surface area contributed by atoms with E-state index in [1.165, 1.54) is 69.9 Å². The molecule has 314 valence electrons. The number of furan rings is 1. The second-order valence-corrected chi connectivity index (χ2v) is 18.3. The van der Waals surface area contributed by atoms with E-state index in [1.54, 1.807) is 0 Å². The average molecular weight is 872 g/mol. The molecule has 13 aromatic rings. The van der Waals surface area contributed by atoms with Crippen molar-refractivity contribution < 1.29 is 4.42 Å². The van der Waals surface area contributed by atoms with Crippen LogP contribution in [-0.4, -0.2) is 0 Å². The molecule has 11 aromatic carbocycles. The summed E-state index contributed by atoms with van der Waals surface area (Å²) >= 11 is 1.87. The van der Waals surface area contributed by atoms with E-state index >= 15 is 0 Å². The molecule has 2 heterocycles. The van der Waals surface area contributed by atoms with Crippen molar-refractivity contribution in [3.05, 3.63) is 249 Å². The number of thiophene rings is 1. The van der Waals surface area contributed by atoms with Crippen LogP contribution in [0.1, 0.15) is 0 Å². The van der Waals surface area contributed by atoms with Crippen molar-refractivity contribution in [1.29, 1.82) is 0 Å². The molecule has 0 aliphatic carbocycles. The van der Waals surface area contributed by atoms with Crippen molar-refractivity contribution in [2.24, 2.45) is 0 Å².